The molecular formula is C52H75F2N9O11. The molecular weight excluding hydrogens is 965 g/mol. The number of hydrogen-bond donors (Lipinski definition) is 7. The molecule has 9 N–H and O–H groups in total. The number of primary amides is 1. The first kappa shape index (κ1) is 60.2. The molecule has 1 aromatic heterocycles. The highest BCUT2D eigenvalue weighted by Crippen LogP contribution is 2.41. The maximum absolute atomic E-state index is 15.3. The zero-order valence-electron chi connectivity index (χ0n) is 43.3. The summed E-state index contributed by atoms with van der Waals surface area (Å²) < 4.78 is 47.7. The number of amides is 7. The fourth-order valence-corrected chi connectivity index (χ4v) is 8.82. The molecule has 0 saturated carbocycles. The second-order valence-electron chi connectivity index (χ2n) is 19.5. The minimum atomic E-state index is -1.38. The minimum absolute atomic E-state index is 0.000952. The van der Waals surface area contributed by atoms with E-state index >= 15 is 4.39 Å². The van der Waals surface area contributed by atoms with Crippen LogP contribution in [-0.4, -0.2) is 158 Å². The summed E-state index contributed by atoms with van der Waals surface area (Å²) in [4.78, 5) is 97.3. The number of nitrogens with zero attached hydrogens (tertiary/aromatic N) is 3. The summed E-state index contributed by atoms with van der Waals surface area (Å²) in [7, 11) is 1.37. The number of halogens is 2. The van der Waals surface area contributed by atoms with Gasteiger partial charge < -0.3 is 66.4 Å². The van der Waals surface area contributed by atoms with Crippen LogP contribution in [-0.2, 0) is 54.3 Å². The highest BCUT2D eigenvalue weighted by molar-refractivity contribution is 5.97. The quantitative estimate of drug-likeness (QED) is 0.0472. The van der Waals surface area contributed by atoms with Gasteiger partial charge in [-0.3, -0.25) is 33.6 Å². The lowest BCUT2D eigenvalue weighted by Gasteiger charge is -2.41. The zero-order valence-corrected chi connectivity index (χ0v) is 43.3. The number of rotatable bonds is 30. The van der Waals surface area contributed by atoms with Crippen LogP contribution in [0.25, 0.3) is 11.1 Å². The highest BCUT2D eigenvalue weighted by atomic mass is 19.1. The predicted molar refractivity (Wildman–Crippen MR) is 270 cm³/mol. The highest BCUT2D eigenvalue weighted by Gasteiger charge is 2.41. The number of aliphatic hydroxyl groups excluding tert-OH is 1. The van der Waals surface area contributed by atoms with Gasteiger partial charge in [0.2, 0.25) is 41.4 Å². The number of likely N-dealkylation sites (N-methyl/N-ethyl adjacent to an activating group) is 1. The Hall–Kier alpha value is -6.33. The van der Waals surface area contributed by atoms with Crippen molar-refractivity contribution in [3.05, 3.63) is 83.7 Å². The third-order valence-corrected chi connectivity index (χ3v) is 12.4. The van der Waals surface area contributed by atoms with E-state index in [2.05, 4.69) is 21.3 Å². The number of likely N-dealkylation sites (tertiary alicyclic amines) is 1. The first-order valence-electron chi connectivity index (χ1n) is 24.9. The van der Waals surface area contributed by atoms with Crippen LogP contribution in [0.3, 0.4) is 0 Å². The van der Waals surface area contributed by atoms with Crippen LogP contribution in [0, 0.1) is 23.0 Å². The van der Waals surface area contributed by atoms with Crippen molar-refractivity contribution in [1.29, 1.82) is 0 Å². The fourth-order valence-electron chi connectivity index (χ4n) is 8.82. The average molecular weight is 1040 g/mol. The van der Waals surface area contributed by atoms with Gasteiger partial charge >= 0.3 is 0 Å². The zero-order chi connectivity index (χ0) is 54.5. The van der Waals surface area contributed by atoms with E-state index in [1.165, 1.54) is 16.8 Å². The van der Waals surface area contributed by atoms with Crippen molar-refractivity contribution in [2.75, 3.05) is 72.9 Å². The van der Waals surface area contributed by atoms with Gasteiger partial charge in [-0.25, -0.2) is 8.78 Å². The number of benzene rings is 2. The number of carbonyl (C=O) groups is 7. The van der Waals surface area contributed by atoms with Gasteiger partial charge in [0.1, 0.15) is 42.4 Å². The molecule has 2 aromatic carbocycles. The Balaban J connectivity index is 1.51. The van der Waals surface area contributed by atoms with Crippen LogP contribution >= 0.6 is 0 Å². The number of aliphatic hydroxyl groups is 1. The molecule has 4 rings (SSSR count). The summed E-state index contributed by atoms with van der Waals surface area (Å²) in [5.74, 6) is -6.78. The van der Waals surface area contributed by atoms with Gasteiger partial charge in [0.25, 0.3) is 0 Å². The van der Waals surface area contributed by atoms with E-state index in [0.29, 0.717) is 44.0 Å². The Morgan fingerprint density at radius 2 is 1.53 bits per heavy atom. The van der Waals surface area contributed by atoms with Crippen molar-refractivity contribution in [3.63, 3.8) is 0 Å². The van der Waals surface area contributed by atoms with Crippen molar-refractivity contribution in [1.82, 2.24) is 35.6 Å². The van der Waals surface area contributed by atoms with Gasteiger partial charge in [-0.1, -0.05) is 65.0 Å². The molecule has 74 heavy (non-hydrogen) atoms. The predicted octanol–water partition coefficient (Wildman–Crippen LogP) is 1.90. The lowest BCUT2D eigenvalue weighted by molar-refractivity contribution is -0.143. The Kier molecular flexibility index (Phi) is 24.0. The maximum atomic E-state index is 15.3. The first-order chi connectivity index (χ1) is 35.2. The van der Waals surface area contributed by atoms with E-state index < -0.39 is 108 Å². The largest absolute Gasteiger partial charge is 0.387 e. The molecule has 0 spiro atoms. The molecule has 5 atom stereocenters. The molecule has 1 aliphatic rings. The van der Waals surface area contributed by atoms with E-state index in [9.17, 15) is 43.1 Å². The number of nitrogens with one attached hydrogen (secondary N) is 4. The van der Waals surface area contributed by atoms with Gasteiger partial charge in [-0.05, 0) is 60.4 Å². The summed E-state index contributed by atoms with van der Waals surface area (Å²) >= 11 is 0. The van der Waals surface area contributed by atoms with Crippen molar-refractivity contribution < 1.29 is 61.7 Å². The first-order valence-corrected chi connectivity index (χ1v) is 24.9. The van der Waals surface area contributed by atoms with Crippen molar-refractivity contribution >= 4 is 41.4 Å². The van der Waals surface area contributed by atoms with Crippen LogP contribution in [0.4, 0.5) is 8.78 Å². The smallest absolute Gasteiger partial charge is 0.248 e. The minimum Gasteiger partial charge on any atom is -0.387 e. The SMILES string of the molecule is CNC(=O)[C@H](CCN(C(=O)CO)[C@@H](c1cc(-c2cc(F)ccc2F)cn1Cc1ccccc1)C(C)(C)C)NC(=O)[C@@H](NC(=O)C1CCCN1C(=O)[C@H](CC(N)=O)NC(=O)CCOCCOCCOCCN)C(C)C. The van der Waals surface area contributed by atoms with Crippen LogP contribution in [0.2, 0.25) is 0 Å². The Labute approximate surface area is 431 Å². The summed E-state index contributed by atoms with van der Waals surface area (Å²) in [6.07, 6.45) is 1.42. The second kappa shape index (κ2) is 29.5. The molecule has 0 aliphatic carbocycles. The molecule has 7 amide bonds. The molecule has 22 heteroatoms. The number of hydrogen-bond acceptors (Lipinski definition) is 12. The van der Waals surface area contributed by atoms with Crippen LogP contribution in [0.15, 0.2) is 60.8 Å². The number of carbonyl (C=O) groups excluding carboxylic acids is 7. The molecule has 2 heterocycles. The number of aromatic nitrogens is 1. The van der Waals surface area contributed by atoms with Crippen molar-refractivity contribution in [2.24, 2.45) is 22.8 Å². The fraction of sp³-hybridized carbons (Fsp3) is 0.558. The standard InChI is InChI=1S/C52H75F2N9O11/c1-33(2)46(60-49(69)41-13-10-19-62(41)51(71)40(29-43(56)65)58-44(66)17-21-72-23-25-74-26-24-73-22-18-55)50(70)59-39(48(68)57-6)16-20-63(45(67)32-64)47(52(3,4)5)42-27-35(37-28-36(53)14-15-38(37)54)31-61(42)30-34-11-8-7-9-12-34/h7-9,11-12,14-15,27-28,31,33,39-41,46-47,64H,10,13,16-26,29-30,32,55H2,1-6H3,(H2,56,65)(H,57,68)(H,58,66)(H,59,70)(H,60,69)/t39-,40-,41?,46-,47-/m0/s1. The van der Waals surface area contributed by atoms with Gasteiger partial charge in [0.15, 0.2) is 0 Å². The lowest BCUT2D eigenvalue weighted by atomic mass is 9.82. The van der Waals surface area contributed by atoms with Crippen LogP contribution in [0.1, 0.15) is 84.0 Å². The van der Waals surface area contributed by atoms with Gasteiger partial charge in [0.05, 0.1) is 52.1 Å². The molecule has 1 unspecified atom stereocenters. The summed E-state index contributed by atoms with van der Waals surface area (Å²) in [5, 5.41) is 20.9. The van der Waals surface area contributed by atoms with E-state index in [1.54, 1.807) is 26.1 Å². The lowest BCUT2D eigenvalue weighted by Crippen LogP contribution is -2.59. The molecule has 20 nitrogen and oxygen atoms in total. The van der Waals surface area contributed by atoms with Gasteiger partial charge in [-0.15, -0.1) is 0 Å². The monoisotopic (exact) mass is 1040 g/mol. The topological polar surface area (TPSA) is 279 Å². The third kappa shape index (κ3) is 18.0. The second-order valence-corrected chi connectivity index (χ2v) is 19.5. The molecule has 3 aromatic rings. The molecule has 1 fully saturated rings. The van der Waals surface area contributed by atoms with E-state index in [4.69, 9.17) is 25.7 Å². The Morgan fingerprint density at radius 1 is 0.865 bits per heavy atom. The normalized spacial score (nSPS) is 15.2. The maximum Gasteiger partial charge on any atom is 0.248 e. The third-order valence-electron chi connectivity index (χ3n) is 12.4. The van der Waals surface area contributed by atoms with Gasteiger partial charge in [-0.2, -0.15) is 0 Å². The summed E-state index contributed by atoms with van der Waals surface area (Å²) in [6, 6.07) is 8.37. The number of ether oxygens (including phenoxy) is 3. The number of nitrogens with two attached hydrogens (primary N) is 2. The van der Waals surface area contributed by atoms with E-state index in [-0.39, 0.29) is 64.3 Å². The summed E-state index contributed by atoms with van der Waals surface area (Å²) in [5.41, 5.74) is 11.8. The Morgan fingerprint density at radius 3 is 2.14 bits per heavy atom. The molecule has 1 aliphatic heterocycles. The van der Waals surface area contributed by atoms with Crippen LogP contribution < -0.4 is 32.7 Å². The molecule has 0 radical (unpaired) electrons. The van der Waals surface area contributed by atoms with E-state index in [0.717, 1.165) is 23.8 Å². The van der Waals surface area contributed by atoms with E-state index in [1.807, 2.05) is 55.7 Å². The molecule has 1 saturated heterocycles. The Bertz CT molecular complexity index is 2350. The van der Waals surface area contributed by atoms with Gasteiger partial charge in [0, 0.05) is 62.7 Å². The summed E-state index contributed by atoms with van der Waals surface area (Å²) in [6.45, 7) is 10.3. The molecule has 0 bridgehead atoms. The van der Waals surface area contributed by atoms with Crippen molar-refractivity contribution in [2.45, 2.75) is 103 Å². The van der Waals surface area contributed by atoms with Crippen LogP contribution in [0.5, 0.6) is 0 Å². The average Bonchev–Trinajstić information content (AvgIpc) is 4.02. The molecule has 408 valence electrons. The van der Waals surface area contributed by atoms with Crippen molar-refractivity contribution in [3.8, 4) is 11.1 Å².